The molecule has 0 aliphatic carbocycles. The number of anilines is 1. The molecule has 1 atom stereocenters. The van der Waals surface area contributed by atoms with Crippen LogP contribution in [0.3, 0.4) is 0 Å². The van der Waals surface area contributed by atoms with E-state index in [1.165, 1.54) is 11.1 Å². The molecule has 0 spiro atoms. The number of rotatable bonds is 6. The molecule has 4 rings (SSSR count). The van der Waals surface area contributed by atoms with E-state index in [1.54, 1.807) is 0 Å². The first kappa shape index (κ1) is 22.0. The number of benzene rings is 2. The summed E-state index contributed by atoms with van der Waals surface area (Å²) in [6.45, 7) is 8.59. The van der Waals surface area contributed by atoms with Gasteiger partial charge in [0, 0.05) is 25.2 Å². The lowest BCUT2D eigenvalue weighted by Crippen LogP contribution is -2.43. The first-order chi connectivity index (χ1) is 15.5. The van der Waals surface area contributed by atoms with E-state index in [1.807, 2.05) is 24.3 Å². The summed E-state index contributed by atoms with van der Waals surface area (Å²) in [5.41, 5.74) is 5.59. The number of nitrogens with one attached hydrogen (secondary N) is 1. The van der Waals surface area contributed by atoms with Crippen LogP contribution < -0.4 is 10.2 Å². The Bertz CT molecular complexity index is 1040. The van der Waals surface area contributed by atoms with Gasteiger partial charge in [-0.05, 0) is 55.0 Å². The zero-order valence-corrected chi connectivity index (χ0v) is 19.2. The molecule has 5 heteroatoms. The van der Waals surface area contributed by atoms with Crippen LogP contribution in [-0.2, 0) is 11.3 Å². The molecule has 0 saturated carbocycles. The maximum Gasteiger partial charge on any atom is 0.225 e. The van der Waals surface area contributed by atoms with Crippen LogP contribution in [0.5, 0.6) is 0 Å². The number of nitrogens with zero attached hydrogens (tertiary/aromatic N) is 3. The number of amides is 1. The number of aryl methyl sites for hydroxylation is 1. The van der Waals surface area contributed by atoms with Crippen LogP contribution in [0.15, 0.2) is 60.7 Å². The highest BCUT2D eigenvalue weighted by Gasteiger charge is 2.26. The molecule has 166 valence electrons. The van der Waals surface area contributed by atoms with Gasteiger partial charge in [0.1, 0.15) is 0 Å². The summed E-state index contributed by atoms with van der Waals surface area (Å²) in [7, 11) is 0. The minimum atomic E-state index is -0.0306. The Morgan fingerprint density at radius 3 is 2.59 bits per heavy atom. The first-order valence-corrected chi connectivity index (χ1v) is 11.5. The van der Waals surface area contributed by atoms with E-state index in [4.69, 9.17) is 0 Å². The van der Waals surface area contributed by atoms with E-state index in [0.29, 0.717) is 19.0 Å². The van der Waals surface area contributed by atoms with Crippen molar-refractivity contribution in [1.82, 2.24) is 15.5 Å². The zero-order chi connectivity index (χ0) is 22.5. The fraction of sp³-hybridized carbons (Fsp3) is 0.370. The maximum atomic E-state index is 12.8. The molecule has 1 aliphatic heterocycles. The van der Waals surface area contributed by atoms with Gasteiger partial charge in [-0.1, -0.05) is 61.9 Å². The average Bonchev–Trinajstić information content (AvgIpc) is 2.83. The Labute approximate surface area is 190 Å². The molecule has 2 heterocycles. The molecule has 1 aromatic heterocycles. The number of hydrogen-bond donors (Lipinski definition) is 1. The van der Waals surface area contributed by atoms with Crippen LogP contribution in [0.25, 0.3) is 11.3 Å². The minimum absolute atomic E-state index is 0.0306. The Hall–Kier alpha value is -3.21. The Morgan fingerprint density at radius 2 is 1.91 bits per heavy atom. The number of carbonyl (C=O) groups is 1. The Kier molecular flexibility index (Phi) is 6.84. The van der Waals surface area contributed by atoms with Crippen LogP contribution in [-0.4, -0.2) is 29.2 Å². The standard InChI is InChI=1S/C27H32N4O/c1-19(2)22-11-9-21(10-12-22)17-28-27(32)24-8-5-15-31(18-24)26-14-13-25(29-30-26)23-7-4-6-20(3)16-23/h4,6-7,9-14,16,19,24H,5,8,15,17-18H2,1-3H3,(H,28,32)/t24-/m0/s1. The molecule has 5 nitrogen and oxygen atoms in total. The van der Waals surface area contributed by atoms with Crippen molar-refractivity contribution >= 4 is 11.7 Å². The summed E-state index contributed by atoms with van der Waals surface area (Å²) in [4.78, 5) is 15.0. The highest BCUT2D eigenvalue weighted by Crippen LogP contribution is 2.24. The summed E-state index contributed by atoms with van der Waals surface area (Å²) < 4.78 is 0. The number of carbonyl (C=O) groups excluding carboxylic acids is 1. The third kappa shape index (κ3) is 5.34. The highest BCUT2D eigenvalue weighted by atomic mass is 16.1. The van der Waals surface area contributed by atoms with E-state index in [-0.39, 0.29) is 11.8 Å². The molecule has 0 bridgehead atoms. The van der Waals surface area contributed by atoms with Gasteiger partial charge in [0.15, 0.2) is 5.82 Å². The van der Waals surface area contributed by atoms with Crippen molar-refractivity contribution in [3.8, 4) is 11.3 Å². The molecule has 3 aromatic rings. The molecule has 1 saturated heterocycles. The number of aromatic nitrogens is 2. The minimum Gasteiger partial charge on any atom is -0.354 e. The van der Waals surface area contributed by atoms with E-state index < -0.39 is 0 Å². The maximum absolute atomic E-state index is 12.8. The Morgan fingerprint density at radius 1 is 1.09 bits per heavy atom. The second kappa shape index (κ2) is 9.94. The van der Waals surface area contributed by atoms with Gasteiger partial charge in [0.05, 0.1) is 11.6 Å². The molecule has 1 aliphatic rings. The average molecular weight is 429 g/mol. The van der Waals surface area contributed by atoms with Crippen molar-refractivity contribution in [3.05, 3.63) is 77.4 Å². The SMILES string of the molecule is Cc1cccc(-c2ccc(N3CCC[C@H](C(=O)NCc4ccc(C(C)C)cc4)C3)nn2)c1. The molecular weight excluding hydrogens is 396 g/mol. The van der Waals surface area contributed by atoms with E-state index in [0.717, 1.165) is 42.0 Å². The van der Waals surface area contributed by atoms with Gasteiger partial charge in [0.2, 0.25) is 5.91 Å². The summed E-state index contributed by atoms with van der Waals surface area (Å²) in [5, 5.41) is 12.0. The molecule has 0 radical (unpaired) electrons. The van der Waals surface area contributed by atoms with Crippen molar-refractivity contribution in [3.63, 3.8) is 0 Å². The van der Waals surface area contributed by atoms with Crippen molar-refractivity contribution in [2.75, 3.05) is 18.0 Å². The first-order valence-electron chi connectivity index (χ1n) is 11.5. The molecule has 1 fully saturated rings. The third-order valence-corrected chi connectivity index (χ3v) is 6.19. The zero-order valence-electron chi connectivity index (χ0n) is 19.2. The van der Waals surface area contributed by atoms with Gasteiger partial charge in [-0.25, -0.2) is 0 Å². The van der Waals surface area contributed by atoms with Crippen LogP contribution in [0.1, 0.15) is 49.3 Å². The van der Waals surface area contributed by atoms with E-state index in [9.17, 15) is 4.79 Å². The number of piperidine rings is 1. The van der Waals surface area contributed by atoms with Crippen molar-refractivity contribution in [2.24, 2.45) is 5.92 Å². The molecule has 2 aromatic carbocycles. The molecule has 1 amide bonds. The molecule has 1 N–H and O–H groups in total. The van der Waals surface area contributed by atoms with Crippen LogP contribution in [0.4, 0.5) is 5.82 Å². The van der Waals surface area contributed by atoms with Gasteiger partial charge in [-0.3, -0.25) is 4.79 Å². The molecular formula is C27H32N4O. The van der Waals surface area contributed by atoms with Crippen molar-refractivity contribution in [1.29, 1.82) is 0 Å². The smallest absolute Gasteiger partial charge is 0.225 e. The summed E-state index contributed by atoms with van der Waals surface area (Å²) in [6, 6.07) is 20.8. The quantitative estimate of drug-likeness (QED) is 0.593. The normalized spacial score (nSPS) is 16.2. The summed E-state index contributed by atoms with van der Waals surface area (Å²) in [6.07, 6.45) is 1.88. The highest BCUT2D eigenvalue weighted by molar-refractivity contribution is 5.79. The lowest BCUT2D eigenvalue weighted by atomic mass is 9.97. The topological polar surface area (TPSA) is 58.1 Å². The van der Waals surface area contributed by atoms with Crippen LogP contribution >= 0.6 is 0 Å². The van der Waals surface area contributed by atoms with Gasteiger partial charge in [-0.15, -0.1) is 10.2 Å². The third-order valence-electron chi connectivity index (χ3n) is 6.19. The van der Waals surface area contributed by atoms with Crippen molar-refractivity contribution in [2.45, 2.75) is 46.1 Å². The van der Waals surface area contributed by atoms with Crippen molar-refractivity contribution < 1.29 is 4.79 Å². The van der Waals surface area contributed by atoms with Gasteiger partial charge < -0.3 is 10.2 Å². The second-order valence-corrected chi connectivity index (χ2v) is 9.05. The molecule has 0 unspecified atom stereocenters. The lowest BCUT2D eigenvalue weighted by molar-refractivity contribution is -0.125. The number of hydrogen-bond acceptors (Lipinski definition) is 4. The predicted molar refractivity (Wildman–Crippen MR) is 130 cm³/mol. The van der Waals surface area contributed by atoms with Gasteiger partial charge in [0.25, 0.3) is 0 Å². The lowest BCUT2D eigenvalue weighted by Gasteiger charge is -2.32. The van der Waals surface area contributed by atoms with Crippen LogP contribution in [0, 0.1) is 12.8 Å². The summed E-state index contributed by atoms with van der Waals surface area (Å²) >= 11 is 0. The van der Waals surface area contributed by atoms with Gasteiger partial charge in [-0.2, -0.15) is 0 Å². The van der Waals surface area contributed by atoms with E-state index >= 15 is 0 Å². The Balaban J connectivity index is 1.35. The molecule has 32 heavy (non-hydrogen) atoms. The summed E-state index contributed by atoms with van der Waals surface area (Å²) in [5.74, 6) is 1.44. The fourth-order valence-corrected chi connectivity index (χ4v) is 4.21. The largest absolute Gasteiger partial charge is 0.354 e. The second-order valence-electron chi connectivity index (χ2n) is 9.05. The fourth-order valence-electron chi connectivity index (χ4n) is 4.21. The monoisotopic (exact) mass is 428 g/mol. The van der Waals surface area contributed by atoms with Crippen LogP contribution in [0.2, 0.25) is 0 Å². The van der Waals surface area contributed by atoms with Gasteiger partial charge >= 0.3 is 0 Å². The predicted octanol–water partition coefficient (Wildman–Crippen LogP) is 5.11. The van der Waals surface area contributed by atoms with E-state index in [2.05, 4.69) is 77.6 Å².